The van der Waals surface area contributed by atoms with Crippen molar-refractivity contribution in [3.63, 3.8) is 0 Å². The molecule has 10 nitrogen and oxygen atoms in total. The third-order valence-electron chi connectivity index (χ3n) is 7.02. The molecule has 0 spiro atoms. The second-order valence-electron chi connectivity index (χ2n) is 9.89. The minimum Gasteiger partial charge on any atom is -0.497 e. The van der Waals surface area contributed by atoms with E-state index in [0.717, 1.165) is 38.2 Å². The zero-order valence-corrected chi connectivity index (χ0v) is 22.8. The highest BCUT2D eigenvalue weighted by molar-refractivity contribution is 7.89. The van der Waals surface area contributed by atoms with E-state index in [9.17, 15) is 13.2 Å². The van der Waals surface area contributed by atoms with Crippen molar-refractivity contribution in [1.29, 1.82) is 0 Å². The van der Waals surface area contributed by atoms with Crippen LogP contribution in [0.25, 0.3) is 0 Å². The van der Waals surface area contributed by atoms with Crippen molar-refractivity contribution in [2.45, 2.75) is 50.7 Å². The molecule has 5 rings (SSSR count). The molecule has 0 bridgehead atoms. The lowest BCUT2D eigenvalue weighted by Gasteiger charge is -2.34. The van der Waals surface area contributed by atoms with Gasteiger partial charge in [-0.1, -0.05) is 6.07 Å². The number of hydrogen-bond donors (Lipinski definition) is 0. The zero-order chi connectivity index (χ0) is 26.9. The maximum Gasteiger partial charge on any atom is 0.275 e. The number of methoxy groups -OCH3 is 1. The highest BCUT2D eigenvalue weighted by atomic mass is 32.2. The number of piperazine rings is 1. The quantitative estimate of drug-likeness (QED) is 0.408. The topological polar surface area (TPSA) is 109 Å². The average molecular weight is 540 g/mol. The smallest absolute Gasteiger partial charge is 0.275 e. The van der Waals surface area contributed by atoms with Crippen LogP contribution in [0.3, 0.4) is 0 Å². The van der Waals surface area contributed by atoms with Crippen LogP contribution in [0.5, 0.6) is 5.75 Å². The van der Waals surface area contributed by atoms with Crippen molar-refractivity contribution in [2.75, 3.05) is 33.3 Å². The van der Waals surface area contributed by atoms with Crippen LogP contribution in [0.4, 0.5) is 0 Å². The molecule has 2 aliphatic rings. The molecule has 202 valence electrons. The van der Waals surface area contributed by atoms with E-state index >= 15 is 0 Å². The summed E-state index contributed by atoms with van der Waals surface area (Å²) in [6.45, 7) is 6.89. The fourth-order valence-electron chi connectivity index (χ4n) is 4.93. The van der Waals surface area contributed by atoms with Gasteiger partial charge in [0.05, 0.1) is 24.2 Å². The molecule has 3 heterocycles. The van der Waals surface area contributed by atoms with Gasteiger partial charge in [-0.25, -0.2) is 13.4 Å². The lowest BCUT2D eigenvalue weighted by atomic mass is 10.1. The Balaban J connectivity index is 1.25. The van der Waals surface area contributed by atoms with Gasteiger partial charge in [-0.2, -0.15) is 4.31 Å². The van der Waals surface area contributed by atoms with E-state index in [1.54, 1.807) is 44.2 Å². The van der Waals surface area contributed by atoms with Crippen molar-refractivity contribution in [2.24, 2.45) is 0 Å². The van der Waals surface area contributed by atoms with Gasteiger partial charge in [0, 0.05) is 45.0 Å². The van der Waals surface area contributed by atoms with E-state index in [4.69, 9.17) is 9.15 Å². The van der Waals surface area contributed by atoms with Gasteiger partial charge in [-0.15, -0.1) is 0 Å². The zero-order valence-electron chi connectivity index (χ0n) is 22.0. The first-order valence-electron chi connectivity index (χ1n) is 12.8. The number of aryl methyl sites for hydroxylation is 2. The number of ether oxygens (including phenoxy) is 1. The molecular formula is C27H33N5O5S. The largest absolute Gasteiger partial charge is 0.497 e. The molecule has 1 saturated heterocycles. The number of hydrogen-bond acceptors (Lipinski definition) is 8. The van der Waals surface area contributed by atoms with Gasteiger partial charge >= 0.3 is 0 Å². The van der Waals surface area contributed by atoms with Gasteiger partial charge in [0.2, 0.25) is 15.9 Å². The summed E-state index contributed by atoms with van der Waals surface area (Å²) >= 11 is 0. The number of carbonyl (C=O) groups is 1. The fourth-order valence-corrected chi connectivity index (χ4v) is 6.98. The number of carbonyl (C=O) groups excluding carboxylic acids is 1. The molecule has 0 unspecified atom stereocenters. The second-order valence-corrected chi connectivity index (χ2v) is 11.7. The first-order chi connectivity index (χ1) is 18.3. The lowest BCUT2D eigenvalue weighted by molar-refractivity contribution is 0.0621. The number of amides is 1. The molecule has 3 aromatic rings. The van der Waals surface area contributed by atoms with Gasteiger partial charge in [-0.3, -0.25) is 14.7 Å². The molecule has 1 amide bonds. The molecule has 11 heteroatoms. The minimum absolute atomic E-state index is 0.0248. The van der Waals surface area contributed by atoms with Crippen molar-refractivity contribution >= 4 is 15.9 Å². The number of rotatable bonds is 9. The molecule has 1 aromatic carbocycles. The lowest BCUT2D eigenvalue weighted by Crippen LogP contribution is -2.48. The molecule has 0 N–H and O–H groups in total. The second kappa shape index (κ2) is 10.8. The summed E-state index contributed by atoms with van der Waals surface area (Å²) in [5.74, 6) is 0.618. The van der Waals surface area contributed by atoms with Crippen LogP contribution in [-0.4, -0.2) is 77.7 Å². The molecule has 2 aromatic heterocycles. The van der Waals surface area contributed by atoms with Crippen molar-refractivity contribution in [3.8, 4) is 5.75 Å². The molecule has 1 aliphatic carbocycles. The number of benzene rings is 1. The highest BCUT2D eigenvalue weighted by Crippen LogP contribution is 2.36. The van der Waals surface area contributed by atoms with Crippen molar-refractivity contribution < 1.29 is 22.4 Å². The van der Waals surface area contributed by atoms with Crippen LogP contribution >= 0.6 is 0 Å². The van der Waals surface area contributed by atoms with E-state index < -0.39 is 10.0 Å². The first-order valence-corrected chi connectivity index (χ1v) is 14.2. The maximum absolute atomic E-state index is 13.7. The van der Waals surface area contributed by atoms with Crippen LogP contribution in [0.2, 0.25) is 0 Å². The first kappa shape index (κ1) is 26.3. The van der Waals surface area contributed by atoms with Crippen LogP contribution in [-0.2, 0) is 23.1 Å². The average Bonchev–Trinajstić information content (AvgIpc) is 3.63. The molecule has 2 fully saturated rings. The Morgan fingerprint density at radius 1 is 1.13 bits per heavy atom. The molecule has 1 saturated carbocycles. The van der Waals surface area contributed by atoms with E-state index in [0.29, 0.717) is 30.0 Å². The standard InChI is InChI=1S/C27H33N5O5S/c1-19-14-23(36-3)15-20(2)26(19)38(34,35)32(22-7-8-22)17-25-29-24(18-37-25)27(33)31-12-10-30(11-13-31)16-21-6-4-5-9-28-21/h4-6,9,14-15,18,22H,7-8,10-13,16-17H2,1-3H3. The monoisotopic (exact) mass is 539 g/mol. The number of aromatic nitrogens is 2. The summed E-state index contributed by atoms with van der Waals surface area (Å²) in [5, 5.41) is 0. The minimum atomic E-state index is -3.81. The summed E-state index contributed by atoms with van der Waals surface area (Å²) in [4.78, 5) is 26.2. The molecule has 0 atom stereocenters. The Labute approximate surface area is 223 Å². The molecular weight excluding hydrogens is 506 g/mol. The SMILES string of the molecule is COc1cc(C)c(S(=O)(=O)N(Cc2nc(C(=O)N3CCN(Cc4ccccn4)CC3)co2)C2CC2)c(C)c1. The third-order valence-corrected chi connectivity index (χ3v) is 9.23. The van der Waals surface area contributed by atoms with Crippen LogP contribution in [0.15, 0.2) is 52.1 Å². The molecule has 38 heavy (non-hydrogen) atoms. The predicted molar refractivity (Wildman–Crippen MR) is 140 cm³/mol. The summed E-state index contributed by atoms with van der Waals surface area (Å²) in [7, 11) is -2.26. The van der Waals surface area contributed by atoms with Gasteiger partial charge in [0.1, 0.15) is 12.0 Å². The Bertz CT molecular complexity index is 1370. The summed E-state index contributed by atoms with van der Waals surface area (Å²) in [5.41, 5.74) is 2.45. The summed E-state index contributed by atoms with van der Waals surface area (Å²) in [6, 6.07) is 9.20. The number of nitrogens with zero attached hydrogens (tertiary/aromatic N) is 5. The van der Waals surface area contributed by atoms with Crippen LogP contribution < -0.4 is 4.74 Å². The molecule has 1 aliphatic heterocycles. The predicted octanol–water partition coefficient (Wildman–Crippen LogP) is 3.01. The van der Waals surface area contributed by atoms with E-state index in [-0.39, 0.29) is 35.0 Å². The maximum atomic E-state index is 13.7. The van der Waals surface area contributed by atoms with Gasteiger partial charge in [0.15, 0.2) is 5.69 Å². The van der Waals surface area contributed by atoms with Gasteiger partial charge in [0.25, 0.3) is 5.91 Å². The summed E-state index contributed by atoms with van der Waals surface area (Å²) in [6.07, 6.45) is 4.68. The summed E-state index contributed by atoms with van der Waals surface area (Å²) < 4.78 is 39.8. The number of sulfonamides is 1. The normalized spacial score (nSPS) is 16.7. The van der Waals surface area contributed by atoms with Crippen molar-refractivity contribution in [3.05, 3.63) is 71.2 Å². The highest BCUT2D eigenvalue weighted by Gasteiger charge is 2.40. The Morgan fingerprint density at radius 3 is 2.45 bits per heavy atom. The van der Waals surface area contributed by atoms with Crippen LogP contribution in [0.1, 0.15) is 46.0 Å². The van der Waals surface area contributed by atoms with E-state index in [1.165, 1.54) is 10.6 Å². The fraction of sp³-hybridized carbons (Fsp3) is 0.444. The third kappa shape index (κ3) is 5.59. The van der Waals surface area contributed by atoms with E-state index in [1.807, 2.05) is 18.2 Å². The van der Waals surface area contributed by atoms with Gasteiger partial charge < -0.3 is 14.1 Å². The van der Waals surface area contributed by atoms with Crippen molar-refractivity contribution in [1.82, 2.24) is 24.1 Å². The van der Waals surface area contributed by atoms with Crippen LogP contribution in [0, 0.1) is 13.8 Å². The Morgan fingerprint density at radius 2 is 1.84 bits per heavy atom. The number of oxazole rings is 1. The van der Waals surface area contributed by atoms with Gasteiger partial charge in [-0.05, 0) is 62.1 Å². The Hall–Kier alpha value is -3.28. The number of pyridine rings is 1. The van der Waals surface area contributed by atoms with E-state index in [2.05, 4.69) is 14.9 Å². The Kier molecular flexibility index (Phi) is 7.51. The molecule has 0 radical (unpaired) electrons.